The van der Waals surface area contributed by atoms with Crippen molar-refractivity contribution >= 4 is 29.1 Å². The van der Waals surface area contributed by atoms with E-state index in [-0.39, 0.29) is 18.4 Å². The van der Waals surface area contributed by atoms with E-state index in [1.165, 1.54) is 29.6 Å². The molecule has 2 heterocycles. The number of nitrogens with two attached hydrogens (primary N) is 1. The Morgan fingerprint density at radius 2 is 2.15 bits per heavy atom. The van der Waals surface area contributed by atoms with Gasteiger partial charge in [0.1, 0.15) is 0 Å². The molecule has 8 nitrogen and oxygen atoms in total. The Labute approximate surface area is 200 Å². The average Bonchev–Trinajstić information content (AvgIpc) is 3.03. The summed E-state index contributed by atoms with van der Waals surface area (Å²) in [6, 6.07) is 14.5. The fraction of sp³-hybridized carbons (Fsp3) is 0.308. The van der Waals surface area contributed by atoms with E-state index >= 15 is 0 Å². The molecule has 0 amide bonds. The number of nitrogens with zero attached hydrogens (tertiary/aromatic N) is 3. The number of esters is 1. The highest BCUT2D eigenvalue weighted by Gasteiger charge is 2.32. The van der Waals surface area contributed by atoms with Crippen LogP contribution in [-0.2, 0) is 16.0 Å². The third-order valence-corrected chi connectivity index (χ3v) is 6.34. The molecular formula is C26H32N6O2. The maximum atomic E-state index is 11.8. The summed E-state index contributed by atoms with van der Waals surface area (Å²) >= 11 is 0. The Morgan fingerprint density at radius 1 is 1.32 bits per heavy atom. The molecule has 0 spiro atoms. The smallest absolute Gasteiger partial charge is 0.309 e. The maximum absolute atomic E-state index is 11.8. The van der Waals surface area contributed by atoms with Crippen LogP contribution < -0.4 is 16.6 Å². The van der Waals surface area contributed by atoms with Crippen molar-refractivity contribution in [2.24, 2.45) is 10.7 Å². The Kier molecular flexibility index (Phi) is 6.88. The highest BCUT2D eigenvalue weighted by Crippen LogP contribution is 2.39. The van der Waals surface area contributed by atoms with Gasteiger partial charge in [0.2, 0.25) is 0 Å². The monoisotopic (exact) mass is 460 g/mol. The normalized spacial score (nSPS) is 18.1. The highest BCUT2D eigenvalue weighted by atomic mass is 16.5. The molecule has 4 N–H and O–H groups in total. The van der Waals surface area contributed by atoms with Crippen LogP contribution in [0.3, 0.4) is 0 Å². The van der Waals surface area contributed by atoms with Crippen molar-refractivity contribution in [1.82, 2.24) is 15.6 Å². The molecule has 0 saturated heterocycles. The number of benzene rings is 2. The lowest BCUT2D eigenvalue weighted by Crippen LogP contribution is -2.39. The van der Waals surface area contributed by atoms with Crippen LogP contribution in [0.1, 0.15) is 41.6 Å². The molecule has 8 heteroatoms. The van der Waals surface area contributed by atoms with Gasteiger partial charge in [-0.2, -0.15) is 0 Å². The number of carbonyl (C=O) groups excluding carboxylic acids is 1. The van der Waals surface area contributed by atoms with Crippen LogP contribution in [-0.4, -0.2) is 50.0 Å². The molecule has 178 valence electrons. The zero-order valence-corrected chi connectivity index (χ0v) is 20.1. The summed E-state index contributed by atoms with van der Waals surface area (Å²) in [5.74, 6) is -0.251. The number of hydrazine groups is 2. The molecule has 34 heavy (non-hydrogen) atoms. The molecule has 0 aliphatic carbocycles. The molecule has 1 atom stereocenters. The van der Waals surface area contributed by atoms with E-state index in [1.54, 1.807) is 19.5 Å². The fourth-order valence-corrected chi connectivity index (χ4v) is 4.54. The van der Waals surface area contributed by atoms with E-state index in [0.29, 0.717) is 0 Å². The summed E-state index contributed by atoms with van der Waals surface area (Å²) in [4.78, 5) is 15.9. The number of aliphatic imine (C=N–C) groups is 1. The van der Waals surface area contributed by atoms with Crippen LogP contribution in [0.4, 0.5) is 5.69 Å². The van der Waals surface area contributed by atoms with Crippen LogP contribution >= 0.6 is 0 Å². The van der Waals surface area contributed by atoms with E-state index in [0.717, 1.165) is 35.4 Å². The number of hydrogen-bond acceptors (Lipinski definition) is 8. The van der Waals surface area contributed by atoms with Crippen molar-refractivity contribution in [1.29, 1.82) is 0 Å². The van der Waals surface area contributed by atoms with E-state index in [1.807, 2.05) is 36.3 Å². The summed E-state index contributed by atoms with van der Waals surface area (Å²) in [5.41, 5.74) is 17.8. The van der Waals surface area contributed by atoms with Crippen LogP contribution in [0.5, 0.6) is 0 Å². The topological polar surface area (TPSA) is 95.2 Å². The molecule has 0 aromatic heterocycles. The second kappa shape index (κ2) is 10.0. The zero-order chi connectivity index (χ0) is 24.2. The number of allylic oxidation sites excluding steroid dienone is 2. The fourth-order valence-electron chi connectivity index (χ4n) is 4.54. The molecule has 2 aromatic rings. The molecule has 0 bridgehead atoms. The van der Waals surface area contributed by atoms with Gasteiger partial charge in [0, 0.05) is 49.9 Å². The van der Waals surface area contributed by atoms with Crippen LogP contribution in [0.25, 0.3) is 11.3 Å². The van der Waals surface area contributed by atoms with Crippen molar-refractivity contribution in [2.75, 3.05) is 33.1 Å². The van der Waals surface area contributed by atoms with E-state index in [4.69, 9.17) is 10.5 Å². The third-order valence-electron chi connectivity index (χ3n) is 6.34. The van der Waals surface area contributed by atoms with Crippen LogP contribution in [0, 0.1) is 0 Å². The van der Waals surface area contributed by atoms with E-state index < -0.39 is 0 Å². The number of fused-ring (bicyclic) bond motifs is 3. The van der Waals surface area contributed by atoms with Gasteiger partial charge in [0.05, 0.1) is 31.0 Å². The van der Waals surface area contributed by atoms with Crippen molar-refractivity contribution < 1.29 is 9.53 Å². The first-order chi connectivity index (χ1) is 16.4. The summed E-state index contributed by atoms with van der Waals surface area (Å²) < 4.78 is 4.83. The Balaban J connectivity index is 1.76. The molecule has 4 rings (SSSR count). The van der Waals surface area contributed by atoms with Gasteiger partial charge in [0.25, 0.3) is 0 Å². The highest BCUT2D eigenvalue weighted by molar-refractivity contribution is 6.09. The van der Waals surface area contributed by atoms with Gasteiger partial charge in [0.15, 0.2) is 0 Å². The van der Waals surface area contributed by atoms with E-state index in [9.17, 15) is 4.79 Å². The van der Waals surface area contributed by atoms with Gasteiger partial charge in [-0.3, -0.25) is 19.8 Å². The molecule has 2 aromatic carbocycles. The minimum absolute atomic E-state index is 0.0546. The lowest BCUT2D eigenvalue weighted by Gasteiger charge is -2.23. The van der Waals surface area contributed by atoms with Gasteiger partial charge < -0.3 is 15.8 Å². The second-order valence-electron chi connectivity index (χ2n) is 8.49. The van der Waals surface area contributed by atoms with Gasteiger partial charge in [-0.25, -0.2) is 0 Å². The molecule has 0 radical (unpaired) electrons. The second-order valence-corrected chi connectivity index (χ2v) is 8.49. The Hall–Kier alpha value is -3.78. The number of hydrogen-bond donors (Lipinski definition) is 3. The number of carbonyl (C=O) groups is 1. The Bertz CT molecular complexity index is 1170. The molecule has 2 aliphatic rings. The lowest BCUT2D eigenvalue weighted by atomic mass is 9.92. The predicted octanol–water partition coefficient (Wildman–Crippen LogP) is 3.31. The predicted molar refractivity (Wildman–Crippen MR) is 136 cm³/mol. The lowest BCUT2D eigenvalue weighted by molar-refractivity contribution is -0.139. The molecule has 0 fully saturated rings. The molecule has 2 aliphatic heterocycles. The number of ether oxygens (including phenoxy) is 1. The van der Waals surface area contributed by atoms with Crippen LogP contribution in [0.2, 0.25) is 0 Å². The first kappa shape index (κ1) is 23.4. The number of methoxy groups -OCH3 is 1. The number of rotatable bonds is 6. The summed E-state index contributed by atoms with van der Waals surface area (Å²) in [6.45, 7) is 2.95. The molecular weight excluding hydrogens is 428 g/mol. The largest absolute Gasteiger partial charge is 0.469 e. The maximum Gasteiger partial charge on any atom is 0.309 e. The summed E-state index contributed by atoms with van der Waals surface area (Å²) in [5, 5.41) is 7.97. The summed E-state index contributed by atoms with van der Waals surface area (Å²) in [7, 11) is 5.18. The van der Waals surface area contributed by atoms with Gasteiger partial charge in [-0.05, 0) is 48.2 Å². The first-order valence-corrected chi connectivity index (χ1v) is 11.3. The molecule has 1 unspecified atom stereocenters. The minimum atomic E-state index is -0.251. The zero-order valence-electron chi connectivity index (χ0n) is 20.1. The molecule has 0 saturated carbocycles. The van der Waals surface area contributed by atoms with Gasteiger partial charge in [-0.1, -0.05) is 24.3 Å². The number of anilines is 1. The Morgan fingerprint density at radius 3 is 2.88 bits per heavy atom. The van der Waals surface area contributed by atoms with Crippen molar-refractivity contribution in [3.63, 3.8) is 0 Å². The van der Waals surface area contributed by atoms with Crippen molar-refractivity contribution in [3.8, 4) is 0 Å². The van der Waals surface area contributed by atoms with Gasteiger partial charge in [-0.15, -0.1) is 5.53 Å². The van der Waals surface area contributed by atoms with E-state index in [2.05, 4.69) is 46.0 Å². The third kappa shape index (κ3) is 4.63. The standard InChI is InChI=1S/C26H32N6O2/c1-17-26-22-9-8-19(20(15-27)16-28-2)14-23(22)24(10-11-32(26)30-31(17)3)29-21-7-5-6-18(12-21)13-25(33)34-4/h5-9,12,14-16,24,29-30H,10-11,13,27H2,1-4H3. The van der Waals surface area contributed by atoms with Crippen molar-refractivity contribution in [3.05, 3.63) is 76.6 Å². The SMILES string of the molecule is CN=CC(=CN)c1ccc2c(c1)C(Nc1cccc(CC(=O)OC)c1)CCN1NN(C)C(C)=C21. The quantitative estimate of drug-likeness (QED) is 0.450. The van der Waals surface area contributed by atoms with Crippen LogP contribution in [0.15, 0.2) is 59.4 Å². The van der Waals surface area contributed by atoms with Gasteiger partial charge >= 0.3 is 5.97 Å². The van der Waals surface area contributed by atoms with Crippen molar-refractivity contribution in [2.45, 2.75) is 25.8 Å². The number of nitrogens with one attached hydrogen (secondary N) is 2. The minimum Gasteiger partial charge on any atom is -0.469 e. The first-order valence-electron chi connectivity index (χ1n) is 11.3. The average molecular weight is 461 g/mol. The summed E-state index contributed by atoms with van der Waals surface area (Å²) in [6.07, 6.45) is 4.48.